The summed E-state index contributed by atoms with van der Waals surface area (Å²) < 4.78 is 11.6. The fraction of sp³-hybridized carbons (Fsp3) is 0.565. The first-order valence-electron chi connectivity index (χ1n) is 10.6. The lowest BCUT2D eigenvalue weighted by atomic mass is 9.56. The van der Waals surface area contributed by atoms with Crippen LogP contribution >= 0.6 is 23.2 Å². The van der Waals surface area contributed by atoms with E-state index in [2.05, 4.69) is 0 Å². The predicted octanol–water partition coefficient (Wildman–Crippen LogP) is 3.50. The number of carbonyl (C=O) groups excluding carboxylic acids is 4. The molecule has 1 spiro atoms. The van der Waals surface area contributed by atoms with Crippen molar-refractivity contribution in [3.63, 3.8) is 0 Å². The Balaban J connectivity index is 1.91. The van der Waals surface area contributed by atoms with Crippen LogP contribution in [-0.2, 0) is 19.1 Å². The predicted molar refractivity (Wildman–Crippen MR) is 112 cm³/mol. The van der Waals surface area contributed by atoms with Crippen molar-refractivity contribution < 1.29 is 28.7 Å². The molecule has 6 nitrogen and oxygen atoms in total. The quantitative estimate of drug-likeness (QED) is 0.378. The van der Waals surface area contributed by atoms with Gasteiger partial charge in [0.2, 0.25) is 0 Å². The van der Waals surface area contributed by atoms with E-state index in [0.717, 1.165) is 6.42 Å². The molecule has 8 heteroatoms. The maximum absolute atomic E-state index is 14.0. The summed E-state index contributed by atoms with van der Waals surface area (Å²) >= 11 is 14.4. The monoisotopic (exact) mass is 464 g/mol. The molecule has 0 aromatic heterocycles. The van der Waals surface area contributed by atoms with Crippen LogP contribution in [0.15, 0.2) is 24.3 Å². The Hall–Kier alpha value is -1.76. The van der Waals surface area contributed by atoms with E-state index in [1.807, 2.05) is 6.92 Å². The van der Waals surface area contributed by atoms with Crippen molar-refractivity contribution in [3.8, 4) is 0 Å². The van der Waals surface area contributed by atoms with Crippen molar-refractivity contribution in [2.45, 2.75) is 60.5 Å². The minimum absolute atomic E-state index is 0.0304. The Morgan fingerprint density at radius 3 is 2.32 bits per heavy atom. The summed E-state index contributed by atoms with van der Waals surface area (Å²) in [5.74, 6) is -3.80. The fourth-order valence-corrected chi connectivity index (χ4v) is 7.77. The number of rotatable bonds is 2. The summed E-state index contributed by atoms with van der Waals surface area (Å²) in [7, 11) is 0. The summed E-state index contributed by atoms with van der Waals surface area (Å²) in [4.78, 5) is 50.3. The first-order chi connectivity index (χ1) is 14.6. The number of fused-ring (bicyclic) bond motifs is 4. The molecule has 1 unspecified atom stereocenters. The summed E-state index contributed by atoms with van der Waals surface area (Å²) in [6.07, 6.45) is 2.01. The molecule has 0 radical (unpaired) electrons. The lowest BCUT2D eigenvalue weighted by molar-refractivity contribution is -0.217. The molecule has 3 fully saturated rings. The number of benzene rings is 1. The van der Waals surface area contributed by atoms with Crippen LogP contribution in [0.4, 0.5) is 0 Å². The molecule has 2 aliphatic heterocycles. The molecule has 6 atom stereocenters. The van der Waals surface area contributed by atoms with Gasteiger partial charge in [-0.15, -0.1) is 23.2 Å². The van der Waals surface area contributed by atoms with Crippen LogP contribution in [0.2, 0.25) is 0 Å². The third kappa shape index (κ3) is 1.97. The van der Waals surface area contributed by atoms with Crippen LogP contribution in [-0.4, -0.2) is 50.9 Å². The Morgan fingerprint density at radius 1 is 1.10 bits per heavy atom. The number of Topliss-reactive ketones (excluding diaryl/α,β-unsaturated/α-hetero) is 3. The maximum atomic E-state index is 14.0. The fourth-order valence-electron chi connectivity index (χ4n) is 6.51. The molecule has 1 aromatic rings. The van der Waals surface area contributed by atoms with Gasteiger partial charge in [-0.2, -0.15) is 0 Å². The summed E-state index contributed by atoms with van der Waals surface area (Å²) in [6.45, 7) is 3.41. The molecule has 2 heterocycles. The maximum Gasteiger partial charge on any atom is 0.348 e. The SMILES string of the molecule is CCOC(=O)[C@]12O[C@@]3(C(C)CCC[C@@H]3CC1=O)[C@@]1(Cl)C(=O)c3ccccc3C(=O)[C@@]21Cl. The molecule has 5 rings (SSSR count). The van der Waals surface area contributed by atoms with Gasteiger partial charge in [0.1, 0.15) is 5.60 Å². The molecule has 2 saturated heterocycles. The second kappa shape index (κ2) is 6.40. The van der Waals surface area contributed by atoms with E-state index < -0.39 is 50.2 Å². The van der Waals surface area contributed by atoms with Crippen LogP contribution in [0.3, 0.4) is 0 Å². The first-order valence-corrected chi connectivity index (χ1v) is 11.4. The molecule has 0 N–H and O–H groups in total. The highest BCUT2D eigenvalue weighted by atomic mass is 35.5. The highest BCUT2D eigenvalue weighted by molar-refractivity contribution is 6.58. The van der Waals surface area contributed by atoms with Crippen LogP contribution in [0.5, 0.6) is 0 Å². The van der Waals surface area contributed by atoms with E-state index in [9.17, 15) is 19.2 Å². The second-order valence-electron chi connectivity index (χ2n) is 8.97. The molecule has 164 valence electrons. The van der Waals surface area contributed by atoms with E-state index in [4.69, 9.17) is 32.7 Å². The molecule has 2 aliphatic carbocycles. The van der Waals surface area contributed by atoms with Crippen LogP contribution in [0, 0.1) is 11.8 Å². The number of alkyl halides is 2. The van der Waals surface area contributed by atoms with Crippen molar-refractivity contribution in [3.05, 3.63) is 35.4 Å². The van der Waals surface area contributed by atoms with E-state index in [1.165, 1.54) is 12.1 Å². The Labute approximate surface area is 189 Å². The highest BCUT2D eigenvalue weighted by Gasteiger charge is 2.93. The van der Waals surface area contributed by atoms with Gasteiger partial charge in [-0.1, -0.05) is 37.6 Å². The van der Waals surface area contributed by atoms with Gasteiger partial charge in [-0.05, 0) is 31.6 Å². The third-order valence-electron chi connectivity index (χ3n) is 7.78. The molecular weight excluding hydrogens is 443 g/mol. The first kappa shape index (κ1) is 21.1. The summed E-state index contributed by atoms with van der Waals surface area (Å²) in [5, 5.41) is 0. The van der Waals surface area contributed by atoms with Gasteiger partial charge in [0.15, 0.2) is 27.1 Å². The summed E-state index contributed by atoms with van der Waals surface area (Å²) in [5.41, 5.74) is -3.76. The molecule has 2 bridgehead atoms. The largest absolute Gasteiger partial charge is 0.463 e. The van der Waals surface area contributed by atoms with Crippen LogP contribution < -0.4 is 0 Å². The van der Waals surface area contributed by atoms with Gasteiger partial charge < -0.3 is 9.47 Å². The van der Waals surface area contributed by atoms with E-state index in [1.54, 1.807) is 19.1 Å². The Bertz CT molecular complexity index is 1050. The van der Waals surface area contributed by atoms with Gasteiger partial charge in [0.05, 0.1) is 6.61 Å². The topological polar surface area (TPSA) is 86.7 Å². The lowest BCUT2D eigenvalue weighted by Crippen LogP contribution is -2.73. The van der Waals surface area contributed by atoms with Crippen LogP contribution in [0.25, 0.3) is 0 Å². The van der Waals surface area contributed by atoms with Gasteiger partial charge >= 0.3 is 5.97 Å². The molecule has 31 heavy (non-hydrogen) atoms. The molecule has 4 aliphatic rings. The van der Waals surface area contributed by atoms with Crippen molar-refractivity contribution in [2.75, 3.05) is 6.61 Å². The Kier molecular flexibility index (Phi) is 4.35. The lowest BCUT2D eigenvalue weighted by Gasteiger charge is -2.54. The van der Waals surface area contributed by atoms with Crippen molar-refractivity contribution in [1.29, 1.82) is 0 Å². The smallest absolute Gasteiger partial charge is 0.348 e. The van der Waals surface area contributed by atoms with Crippen molar-refractivity contribution >= 4 is 46.5 Å². The average Bonchev–Trinajstić information content (AvgIpc) is 2.93. The zero-order valence-corrected chi connectivity index (χ0v) is 18.7. The van der Waals surface area contributed by atoms with E-state index in [0.29, 0.717) is 12.8 Å². The van der Waals surface area contributed by atoms with E-state index in [-0.39, 0.29) is 30.1 Å². The van der Waals surface area contributed by atoms with Crippen LogP contribution in [0.1, 0.15) is 60.2 Å². The number of carbonyl (C=O) groups is 4. The van der Waals surface area contributed by atoms with Gasteiger partial charge in [-0.3, -0.25) is 14.4 Å². The zero-order valence-electron chi connectivity index (χ0n) is 17.2. The minimum atomic E-state index is -2.48. The molecule has 1 saturated carbocycles. The minimum Gasteiger partial charge on any atom is -0.463 e. The van der Waals surface area contributed by atoms with Gasteiger partial charge in [0, 0.05) is 17.5 Å². The summed E-state index contributed by atoms with van der Waals surface area (Å²) in [6, 6.07) is 6.22. The number of halogens is 2. The number of ketones is 3. The number of hydrogen-bond donors (Lipinski definition) is 0. The number of esters is 1. The molecular formula is C23H22Cl2O6. The van der Waals surface area contributed by atoms with Crippen molar-refractivity contribution in [2.24, 2.45) is 11.8 Å². The molecule has 1 aromatic carbocycles. The third-order valence-corrected chi connectivity index (χ3v) is 9.35. The van der Waals surface area contributed by atoms with Gasteiger partial charge in [0.25, 0.3) is 5.60 Å². The number of hydrogen-bond acceptors (Lipinski definition) is 6. The normalized spacial score (nSPS) is 43.2. The van der Waals surface area contributed by atoms with Crippen molar-refractivity contribution in [1.82, 2.24) is 0 Å². The number of ether oxygens (including phenoxy) is 2. The van der Waals surface area contributed by atoms with Gasteiger partial charge in [-0.25, -0.2) is 4.79 Å². The highest BCUT2D eigenvalue weighted by Crippen LogP contribution is 2.72. The zero-order chi connectivity index (χ0) is 22.4. The second-order valence-corrected chi connectivity index (χ2v) is 10.1. The molecule has 0 amide bonds. The van der Waals surface area contributed by atoms with E-state index >= 15 is 0 Å². The Morgan fingerprint density at radius 2 is 1.71 bits per heavy atom. The average molecular weight is 465 g/mol. The standard InChI is InChI=1S/C23H22Cl2O6/c1-3-30-19(29)21-16(26)11-13-8-6-7-12(2)20(13,31-21)22(24)17(27)14-9-4-5-10-15(14)18(28)23(21,22)25/h4-5,9-10,12-13H,3,6-8,11H2,1-2H3/t12?,13-,20-,21-,22+,23-/m1/s1.